The van der Waals surface area contributed by atoms with Crippen molar-refractivity contribution in [3.8, 4) is 0 Å². The molecule has 0 aliphatic heterocycles. The zero-order valence-corrected chi connectivity index (χ0v) is 8.34. The minimum absolute atomic E-state index is 0.00737. The Bertz CT molecular complexity index is 130. The number of ketones is 1. The summed E-state index contributed by atoms with van der Waals surface area (Å²) >= 11 is 0. The fraction of sp³-hybridized carbons (Fsp3) is 0.900. The Kier molecular flexibility index (Phi) is 5.99. The zero-order valence-electron chi connectivity index (χ0n) is 8.34. The van der Waals surface area contributed by atoms with Crippen LogP contribution < -0.4 is 0 Å². The van der Waals surface area contributed by atoms with Crippen LogP contribution in [0.5, 0.6) is 0 Å². The van der Waals surface area contributed by atoms with E-state index in [1.807, 2.05) is 0 Å². The number of aliphatic hydroxyl groups excluding tert-OH is 1. The Morgan fingerprint density at radius 2 is 1.92 bits per heavy atom. The van der Waals surface area contributed by atoms with Crippen LogP contribution in [0.2, 0.25) is 0 Å². The zero-order chi connectivity index (χ0) is 9.56. The molecule has 72 valence electrons. The number of hydrogen-bond donors (Lipinski definition) is 1. The molecule has 0 bridgehead atoms. The van der Waals surface area contributed by atoms with E-state index >= 15 is 0 Å². The summed E-state index contributed by atoms with van der Waals surface area (Å²) in [5.41, 5.74) is 0. The van der Waals surface area contributed by atoms with E-state index in [2.05, 4.69) is 13.8 Å². The predicted molar refractivity (Wildman–Crippen MR) is 49.9 cm³/mol. The van der Waals surface area contributed by atoms with Crippen molar-refractivity contribution in [2.24, 2.45) is 11.8 Å². The van der Waals surface area contributed by atoms with Crippen molar-refractivity contribution >= 4 is 5.78 Å². The van der Waals surface area contributed by atoms with E-state index in [9.17, 15) is 4.79 Å². The SMILES string of the molecule is CC(=O)[C@H](CO)CCCC(C)C. The van der Waals surface area contributed by atoms with Crippen molar-refractivity contribution in [1.82, 2.24) is 0 Å². The Morgan fingerprint density at radius 1 is 1.33 bits per heavy atom. The lowest BCUT2D eigenvalue weighted by Crippen LogP contribution is -2.15. The van der Waals surface area contributed by atoms with Gasteiger partial charge in [0.05, 0.1) is 6.61 Å². The fourth-order valence-corrected chi connectivity index (χ4v) is 1.20. The largest absolute Gasteiger partial charge is 0.396 e. The second-order valence-electron chi connectivity index (χ2n) is 3.81. The molecule has 0 heterocycles. The van der Waals surface area contributed by atoms with Gasteiger partial charge in [0.15, 0.2) is 0 Å². The first kappa shape index (κ1) is 11.6. The number of hydrogen-bond acceptors (Lipinski definition) is 2. The molecule has 0 radical (unpaired) electrons. The van der Waals surface area contributed by atoms with Gasteiger partial charge in [-0.3, -0.25) is 4.79 Å². The van der Waals surface area contributed by atoms with E-state index < -0.39 is 0 Å². The van der Waals surface area contributed by atoms with E-state index in [1.165, 1.54) is 0 Å². The van der Waals surface area contributed by atoms with E-state index in [-0.39, 0.29) is 18.3 Å². The van der Waals surface area contributed by atoms with Gasteiger partial charge in [-0.05, 0) is 19.3 Å². The maximum Gasteiger partial charge on any atom is 0.135 e. The molecule has 0 aliphatic rings. The molecule has 12 heavy (non-hydrogen) atoms. The molecule has 1 atom stereocenters. The molecule has 2 nitrogen and oxygen atoms in total. The minimum Gasteiger partial charge on any atom is -0.396 e. The van der Waals surface area contributed by atoms with Gasteiger partial charge in [-0.2, -0.15) is 0 Å². The molecule has 0 unspecified atom stereocenters. The fourth-order valence-electron chi connectivity index (χ4n) is 1.20. The monoisotopic (exact) mass is 172 g/mol. The Labute approximate surface area is 75.0 Å². The maximum absolute atomic E-state index is 10.9. The summed E-state index contributed by atoms with van der Waals surface area (Å²) < 4.78 is 0. The van der Waals surface area contributed by atoms with Crippen molar-refractivity contribution in [2.45, 2.75) is 40.0 Å². The van der Waals surface area contributed by atoms with Crippen LogP contribution in [-0.2, 0) is 4.79 Å². The number of carbonyl (C=O) groups excluding carboxylic acids is 1. The van der Waals surface area contributed by atoms with E-state index in [0.29, 0.717) is 5.92 Å². The van der Waals surface area contributed by atoms with Crippen LogP contribution in [0, 0.1) is 11.8 Å². The van der Waals surface area contributed by atoms with Gasteiger partial charge >= 0.3 is 0 Å². The average Bonchev–Trinajstić information content (AvgIpc) is 1.96. The smallest absolute Gasteiger partial charge is 0.135 e. The summed E-state index contributed by atoms with van der Waals surface area (Å²) in [4.78, 5) is 10.9. The topological polar surface area (TPSA) is 37.3 Å². The lowest BCUT2D eigenvalue weighted by Gasteiger charge is -2.10. The third kappa shape index (κ3) is 5.30. The van der Waals surface area contributed by atoms with Crippen molar-refractivity contribution in [3.63, 3.8) is 0 Å². The lowest BCUT2D eigenvalue weighted by molar-refractivity contribution is -0.122. The molecule has 0 saturated heterocycles. The summed E-state index contributed by atoms with van der Waals surface area (Å²) in [6.45, 7) is 5.90. The maximum atomic E-state index is 10.9. The first-order chi connectivity index (χ1) is 5.57. The molecule has 1 N–H and O–H groups in total. The van der Waals surface area contributed by atoms with Gasteiger partial charge in [0, 0.05) is 5.92 Å². The Balaban J connectivity index is 3.52. The molecule has 0 aromatic rings. The number of rotatable bonds is 6. The molecule has 0 spiro atoms. The normalized spacial score (nSPS) is 13.4. The first-order valence-corrected chi connectivity index (χ1v) is 4.69. The van der Waals surface area contributed by atoms with Gasteiger partial charge in [0.25, 0.3) is 0 Å². The highest BCUT2D eigenvalue weighted by molar-refractivity contribution is 5.78. The van der Waals surface area contributed by atoms with Crippen LogP contribution in [0.25, 0.3) is 0 Å². The average molecular weight is 172 g/mol. The van der Waals surface area contributed by atoms with Crippen LogP contribution >= 0.6 is 0 Å². The van der Waals surface area contributed by atoms with Gasteiger partial charge in [-0.15, -0.1) is 0 Å². The van der Waals surface area contributed by atoms with Crippen LogP contribution in [0.1, 0.15) is 40.0 Å². The molecular weight excluding hydrogens is 152 g/mol. The lowest BCUT2D eigenvalue weighted by atomic mass is 9.96. The molecule has 0 aliphatic carbocycles. The van der Waals surface area contributed by atoms with Crippen molar-refractivity contribution in [3.05, 3.63) is 0 Å². The molecular formula is C10H20O2. The van der Waals surface area contributed by atoms with E-state index in [4.69, 9.17) is 5.11 Å². The molecule has 0 rings (SSSR count). The van der Waals surface area contributed by atoms with E-state index in [0.717, 1.165) is 19.3 Å². The van der Waals surface area contributed by atoms with Crippen molar-refractivity contribution in [2.75, 3.05) is 6.61 Å². The van der Waals surface area contributed by atoms with Gasteiger partial charge in [0.1, 0.15) is 5.78 Å². The second kappa shape index (κ2) is 6.18. The summed E-state index contributed by atoms with van der Waals surface area (Å²) in [6.07, 6.45) is 3.02. The van der Waals surface area contributed by atoms with Crippen LogP contribution in [-0.4, -0.2) is 17.5 Å². The number of carbonyl (C=O) groups is 1. The van der Waals surface area contributed by atoms with Crippen molar-refractivity contribution < 1.29 is 9.90 Å². The molecule has 2 heteroatoms. The molecule has 0 aromatic carbocycles. The Morgan fingerprint density at radius 3 is 2.25 bits per heavy atom. The number of Topliss-reactive ketones (excluding diaryl/α,β-unsaturated/α-hetero) is 1. The van der Waals surface area contributed by atoms with Crippen LogP contribution in [0.4, 0.5) is 0 Å². The van der Waals surface area contributed by atoms with Crippen LogP contribution in [0.15, 0.2) is 0 Å². The highest BCUT2D eigenvalue weighted by atomic mass is 16.3. The molecule has 0 saturated carbocycles. The van der Waals surface area contributed by atoms with Gasteiger partial charge < -0.3 is 5.11 Å². The first-order valence-electron chi connectivity index (χ1n) is 4.69. The predicted octanol–water partition coefficient (Wildman–Crippen LogP) is 2.01. The summed E-state index contributed by atoms with van der Waals surface area (Å²) in [6, 6.07) is 0. The minimum atomic E-state index is -0.122. The highest BCUT2D eigenvalue weighted by Gasteiger charge is 2.11. The van der Waals surface area contributed by atoms with Crippen molar-refractivity contribution in [1.29, 1.82) is 0 Å². The van der Waals surface area contributed by atoms with Crippen LogP contribution in [0.3, 0.4) is 0 Å². The summed E-state index contributed by atoms with van der Waals surface area (Å²) in [5.74, 6) is 0.682. The Hall–Kier alpha value is -0.370. The standard InChI is InChI=1S/C10H20O2/c1-8(2)5-4-6-10(7-11)9(3)12/h8,10-11H,4-7H2,1-3H3/t10-/m0/s1. The van der Waals surface area contributed by atoms with Gasteiger partial charge in [-0.1, -0.05) is 26.7 Å². The third-order valence-corrected chi connectivity index (χ3v) is 2.13. The second-order valence-corrected chi connectivity index (χ2v) is 3.81. The quantitative estimate of drug-likeness (QED) is 0.665. The van der Waals surface area contributed by atoms with Gasteiger partial charge in [0.2, 0.25) is 0 Å². The molecule has 0 amide bonds. The summed E-state index contributed by atoms with van der Waals surface area (Å²) in [7, 11) is 0. The number of aliphatic hydroxyl groups is 1. The highest BCUT2D eigenvalue weighted by Crippen LogP contribution is 2.12. The molecule has 0 aromatic heterocycles. The third-order valence-electron chi connectivity index (χ3n) is 2.13. The van der Waals surface area contributed by atoms with E-state index in [1.54, 1.807) is 6.92 Å². The molecule has 0 fully saturated rings. The summed E-state index contributed by atoms with van der Waals surface area (Å²) in [5, 5.41) is 8.84. The van der Waals surface area contributed by atoms with Gasteiger partial charge in [-0.25, -0.2) is 0 Å².